The number of hydrogen-bond acceptors (Lipinski definition) is 5. The van der Waals surface area contributed by atoms with Crippen LogP contribution in [0.3, 0.4) is 0 Å². The van der Waals surface area contributed by atoms with Crippen LogP contribution in [0.4, 0.5) is 0 Å². The first-order chi connectivity index (χ1) is 14.5. The lowest BCUT2D eigenvalue weighted by molar-refractivity contribution is -0.00834. The largest absolute Gasteiger partial charge is 0.493 e. The molecule has 7 nitrogen and oxygen atoms in total. The molecule has 1 aromatic carbocycles. The van der Waals surface area contributed by atoms with Gasteiger partial charge in [0.25, 0.3) is 0 Å². The van der Waals surface area contributed by atoms with Crippen LogP contribution >= 0.6 is 24.0 Å². The van der Waals surface area contributed by atoms with Gasteiger partial charge in [-0.3, -0.25) is 4.90 Å². The fraction of sp³-hybridized carbons (Fsp3) is 0.696. The number of hydrogen-bond donors (Lipinski definition) is 2. The fourth-order valence-electron chi connectivity index (χ4n) is 3.40. The number of ether oxygens (including phenoxy) is 3. The first-order valence-electron chi connectivity index (χ1n) is 11.0. The summed E-state index contributed by atoms with van der Waals surface area (Å²) in [7, 11) is 1.71. The van der Waals surface area contributed by atoms with Crippen LogP contribution in [0.5, 0.6) is 5.75 Å². The molecule has 0 unspecified atom stereocenters. The zero-order valence-corrected chi connectivity index (χ0v) is 22.2. The van der Waals surface area contributed by atoms with Crippen LogP contribution in [-0.4, -0.2) is 76.1 Å². The number of aliphatic imine (C=N–C) groups is 1. The van der Waals surface area contributed by atoms with E-state index in [-0.39, 0.29) is 29.5 Å². The molecule has 1 aliphatic heterocycles. The Morgan fingerprint density at radius 3 is 2.61 bits per heavy atom. The summed E-state index contributed by atoms with van der Waals surface area (Å²) >= 11 is 0. The SMILES string of the molecule is CCNC(=NCc1ccc(C)cc1OCCCOC)NCC(C)(C)N1CCOCC1.I. The molecule has 0 aromatic heterocycles. The van der Waals surface area contributed by atoms with E-state index >= 15 is 0 Å². The van der Waals surface area contributed by atoms with Gasteiger partial charge in [-0.05, 0) is 39.3 Å². The third-order valence-electron chi connectivity index (χ3n) is 5.28. The van der Waals surface area contributed by atoms with E-state index in [0.29, 0.717) is 19.8 Å². The van der Waals surface area contributed by atoms with Crippen LogP contribution in [0, 0.1) is 6.92 Å². The van der Waals surface area contributed by atoms with E-state index in [0.717, 1.165) is 63.1 Å². The molecular formula is C23H41IN4O3. The molecule has 0 aliphatic carbocycles. The highest BCUT2D eigenvalue weighted by atomic mass is 127. The van der Waals surface area contributed by atoms with Gasteiger partial charge in [-0.25, -0.2) is 4.99 Å². The zero-order chi connectivity index (χ0) is 21.8. The van der Waals surface area contributed by atoms with Gasteiger partial charge in [0.15, 0.2) is 5.96 Å². The Hall–Kier alpha value is -1.10. The minimum Gasteiger partial charge on any atom is -0.493 e. The summed E-state index contributed by atoms with van der Waals surface area (Å²) < 4.78 is 16.6. The molecule has 1 saturated heterocycles. The van der Waals surface area contributed by atoms with E-state index < -0.39 is 0 Å². The Labute approximate surface area is 205 Å². The third kappa shape index (κ3) is 9.93. The summed E-state index contributed by atoms with van der Waals surface area (Å²) in [5, 5.41) is 6.88. The van der Waals surface area contributed by atoms with E-state index in [1.165, 1.54) is 5.56 Å². The molecule has 31 heavy (non-hydrogen) atoms. The molecule has 0 amide bonds. The molecular weight excluding hydrogens is 507 g/mol. The maximum Gasteiger partial charge on any atom is 0.191 e. The van der Waals surface area contributed by atoms with Crippen molar-refractivity contribution >= 4 is 29.9 Å². The summed E-state index contributed by atoms with van der Waals surface area (Å²) in [6.07, 6.45) is 0.869. The van der Waals surface area contributed by atoms with Gasteiger partial charge >= 0.3 is 0 Å². The molecule has 0 saturated carbocycles. The van der Waals surface area contributed by atoms with Gasteiger partial charge in [-0.2, -0.15) is 0 Å². The Morgan fingerprint density at radius 1 is 1.19 bits per heavy atom. The minimum absolute atomic E-state index is 0. The number of methoxy groups -OCH3 is 1. The van der Waals surface area contributed by atoms with Gasteiger partial charge in [0.05, 0.1) is 26.4 Å². The van der Waals surface area contributed by atoms with Crippen LogP contribution in [0.1, 0.15) is 38.3 Å². The number of halogens is 1. The number of nitrogens with one attached hydrogen (secondary N) is 2. The summed E-state index contributed by atoms with van der Waals surface area (Å²) in [6.45, 7) is 15.8. The Balaban J connectivity index is 0.00000480. The number of morpholine rings is 1. The highest BCUT2D eigenvalue weighted by molar-refractivity contribution is 14.0. The number of rotatable bonds is 11. The Bertz CT molecular complexity index is 664. The molecule has 178 valence electrons. The monoisotopic (exact) mass is 548 g/mol. The van der Waals surface area contributed by atoms with Crippen molar-refractivity contribution < 1.29 is 14.2 Å². The first-order valence-corrected chi connectivity index (χ1v) is 11.0. The van der Waals surface area contributed by atoms with Crippen molar-refractivity contribution in [1.29, 1.82) is 0 Å². The molecule has 1 aliphatic rings. The smallest absolute Gasteiger partial charge is 0.191 e. The van der Waals surface area contributed by atoms with E-state index in [2.05, 4.69) is 61.4 Å². The molecule has 0 spiro atoms. The highest BCUT2D eigenvalue weighted by Gasteiger charge is 2.28. The normalized spacial score (nSPS) is 15.3. The Morgan fingerprint density at radius 2 is 1.94 bits per heavy atom. The molecule has 2 rings (SSSR count). The van der Waals surface area contributed by atoms with E-state index in [4.69, 9.17) is 19.2 Å². The van der Waals surface area contributed by atoms with Gasteiger partial charge in [0.1, 0.15) is 5.75 Å². The molecule has 1 fully saturated rings. The average Bonchev–Trinajstić information content (AvgIpc) is 2.75. The Kier molecular flexibility index (Phi) is 13.4. The van der Waals surface area contributed by atoms with Crippen LogP contribution in [-0.2, 0) is 16.0 Å². The molecule has 1 heterocycles. The lowest BCUT2D eigenvalue weighted by Gasteiger charge is -2.41. The average molecular weight is 549 g/mol. The van der Waals surface area contributed by atoms with Gasteiger partial charge in [0, 0.05) is 57.4 Å². The lowest BCUT2D eigenvalue weighted by Crippen LogP contribution is -2.56. The van der Waals surface area contributed by atoms with Crippen molar-refractivity contribution in [3.63, 3.8) is 0 Å². The van der Waals surface area contributed by atoms with Crippen LogP contribution < -0.4 is 15.4 Å². The quantitative estimate of drug-likeness (QED) is 0.192. The third-order valence-corrected chi connectivity index (χ3v) is 5.28. The maximum absolute atomic E-state index is 6.00. The van der Waals surface area contributed by atoms with Crippen LogP contribution in [0.2, 0.25) is 0 Å². The van der Waals surface area contributed by atoms with E-state index in [9.17, 15) is 0 Å². The van der Waals surface area contributed by atoms with E-state index in [1.807, 2.05) is 0 Å². The number of aryl methyl sites for hydroxylation is 1. The van der Waals surface area contributed by atoms with Crippen molar-refractivity contribution in [3.05, 3.63) is 29.3 Å². The van der Waals surface area contributed by atoms with Gasteiger partial charge < -0.3 is 24.8 Å². The number of nitrogens with zero attached hydrogens (tertiary/aromatic N) is 2. The lowest BCUT2D eigenvalue weighted by atomic mass is 10.0. The van der Waals surface area contributed by atoms with Crippen LogP contribution in [0.15, 0.2) is 23.2 Å². The van der Waals surface area contributed by atoms with E-state index in [1.54, 1.807) is 7.11 Å². The van der Waals surface area contributed by atoms with Crippen molar-refractivity contribution in [2.75, 3.05) is 59.7 Å². The second-order valence-electron chi connectivity index (χ2n) is 8.27. The van der Waals surface area contributed by atoms with Crippen molar-refractivity contribution in [3.8, 4) is 5.75 Å². The topological polar surface area (TPSA) is 67.4 Å². The van der Waals surface area contributed by atoms with Crippen LogP contribution in [0.25, 0.3) is 0 Å². The summed E-state index contributed by atoms with van der Waals surface area (Å²) in [4.78, 5) is 7.28. The molecule has 8 heteroatoms. The van der Waals surface area contributed by atoms with Gasteiger partial charge in [-0.15, -0.1) is 24.0 Å². The zero-order valence-electron chi connectivity index (χ0n) is 19.8. The second kappa shape index (κ2) is 14.9. The van der Waals surface area contributed by atoms with Crippen molar-refractivity contribution in [2.24, 2.45) is 4.99 Å². The first kappa shape index (κ1) is 27.9. The fourth-order valence-corrected chi connectivity index (χ4v) is 3.40. The van der Waals surface area contributed by atoms with Gasteiger partial charge in [0.2, 0.25) is 0 Å². The number of guanidine groups is 1. The predicted octanol–water partition coefficient (Wildman–Crippen LogP) is 3.19. The van der Waals surface area contributed by atoms with Gasteiger partial charge in [-0.1, -0.05) is 12.1 Å². The molecule has 0 bridgehead atoms. The number of benzene rings is 1. The van der Waals surface area contributed by atoms with Crippen molar-refractivity contribution in [2.45, 2.75) is 46.2 Å². The second-order valence-corrected chi connectivity index (χ2v) is 8.27. The summed E-state index contributed by atoms with van der Waals surface area (Å²) in [5.41, 5.74) is 2.30. The maximum atomic E-state index is 6.00. The molecule has 0 radical (unpaired) electrons. The molecule has 2 N–H and O–H groups in total. The molecule has 1 aromatic rings. The van der Waals surface area contributed by atoms with Crippen molar-refractivity contribution in [1.82, 2.24) is 15.5 Å². The highest BCUT2D eigenvalue weighted by Crippen LogP contribution is 2.21. The standard InChI is InChI=1S/C23H40N4O3.HI/c1-6-24-22(26-18-23(3,4)27-10-14-29-15-11-27)25-17-20-9-8-19(2)16-21(20)30-13-7-12-28-5;/h8-9,16H,6-7,10-15,17-18H2,1-5H3,(H2,24,25,26);1H. The summed E-state index contributed by atoms with van der Waals surface area (Å²) in [6, 6.07) is 6.29. The predicted molar refractivity (Wildman–Crippen MR) is 138 cm³/mol. The molecule has 0 atom stereocenters. The summed E-state index contributed by atoms with van der Waals surface area (Å²) in [5.74, 6) is 1.73. The minimum atomic E-state index is 0.